The average molecular weight is 400 g/mol. The predicted molar refractivity (Wildman–Crippen MR) is 102 cm³/mol. The summed E-state index contributed by atoms with van der Waals surface area (Å²) in [7, 11) is 0. The summed E-state index contributed by atoms with van der Waals surface area (Å²) >= 11 is 12.2. The Morgan fingerprint density at radius 1 is 1.42 bits per heavy atom. The van der Waals surface area contributed by atoms with Crippen molar-refractivity contribution in [1.82, 2.24) is 5.32 Å². The number of Topliss-reactive ketones (excluding diaryl/α,β-unsaturated/α-hetero) is 1. The van der Waals surface area contributed by atoms with Crippen molar-refractivity contribution >= 4 is 29.0 Å². The fraction of sp³-hybridized carbons (Fsp3) is 0.550. The van der Waals surface area contributed by atoms with E-state index in [1.807, 2.05) is 0 Å². The van der Waals surface area contributed by atoms with Crippen molar-refractivity contribution in [2.24, 2.45) is 5.92 Å². The first kappa shape index (κ1) is 19.8. The van der Waals surface area contributed by atoms with Gasteiger partial charge in [0.25, 0.3) is 0 Å². The number of hydrogen-bond acceptors (Lipinski definition) is 3. The Labute approximate surface area is 163 Å². The van der Waals surface area contributed by atoms with Gasteiger partial charge in [0.05, 0.1) is 6.61 Å². The van der Waals surface area contributed by atoms with Gasteiger partial charge < -0.3 is 10.4 Å². The molecule has 0 amide bonds. The van der Waals surface area contributed by atoms with Gasteiger partial charge in [-0.2, -0.15) is 0 Å². The lowest BCUT2D eigenvalue weighted by Crippen LogP contribution is -2.57. The summed E-state index contributed by atoms with van der Waals surface area (Å²) in [6.07, 6.45) is 2.64. The molecule has 0 radical (unpaired) electrons. The maximum Gasteiger partial charge on any atom is 0.173 e. The van der Waals surface area contributed by atoms with Crippen molar-refractivity contribution < 1.29 is 14.3 Å². The van der Waals surface area contributed by atoms with Crippen LogP contribution < -0.4 is 5.32 Å². The molecule has 2 fully saturated rings. The molecule has 1 saturated carbocycles. The summed E-state index contributed by atoms with van der Waals surface area (Å²) in [5.41, 5.74) is 0.419. The van der Waals surface area contributed by atoms with Crippen LogP contribution in [0.25, 0.3) is 0 Å². The largest absolute Gasteiger partial charge is 0.392 e. The van der Waals surface area contributed by atoms with E-state index in [4.69, 9.17) is 23.2 Å². The molecular weight excluding hydrogens is 376 g/mol. The maximum atomic E-state index is 15.8. The van der Waals surface area contributed by atoms with Crippen LogP contribution in [0, 0.1) is 5.92 Å². The van der Waals surface area contributed by atoms with E-state index in [0.29, 0.717) is 40.4 Å². The minimum Gasteiger partial charge on any atom is -0.392 e. The third-order valence-electron chi connectivity index (χ3n) is 5.78. The minimum absolute atomic E-state index is 0.0561. The molecule has 1 aromatic carbocycles. The number of halogens is 3. The van der Waals surface area contributed by atoms with Crippen LogP contribution in [0.4, 0.5) is 4.39 Å². The third kappa shape index (κ3) is 3.70. The van der Waals surface area contributed by atoms with Crippen LogP contribution in [0.5, 0.6) is 0 Å². The Morgan fingerprint density at radius 3 is 2.92 bits per heavy atom. The number of hydrogen-bond donors (Lipinski definition) is 2. The highest BCUT2D eigenvalue weighted by atomic mass is 35.5. The highest BCUT2D eigenvalue weighted by Crippen LogP contribution is 2.44. The van der Waals surface area contributed by atoms with Crippen molar-refractivity contribution in [2.75, 3.05) is 6.54 Å². The second-order valence-corrected chi connectivity index (χ2v) is 8.15. The first-order chi connectivity index (χ1) is 12.4. The summed E-state index contributed by atoms with van der Waals surface area (Å²) in [5, 5.41) is 13.7. The number of rotatable bonds is 5. The van der Waals surface area contributed by atoms with Gasteiger partial charge in [-0.15, -0.1) is 0 Å². The number of fused-ring (bicyclic) bond motifs is 1. The van der Waals surface area contributed by atoms with Gasteiger partial charge in [-0.05, 0) is 61.9 Å². The Kier molecular flexibility index (Phi) is 6.07. The molecule has 6 heteroatoms. The topological polar surface area (TPSA) is 49.3 Å². The summed E-state index contributed by atoms with van der Waals surface area (Å²) < 4.78 is 15.8. The van der Waals surface area contributed by atoms with E-state index >= 15 is 4.39 Å². The smallest absolute Gasteiger partial charge is 0.173 e. The Hall–Kier alpha value is -0.940. The fourth-order valence-electron chi connectivity index (χ4n) is 4.36. The van der Waals surface area contributed by atoms with Gasteiger partial charge in [-0.25, -0.2) is 4.39 Å². The normalized spacial score (nSPS) is 28.7. The number of piperidine rings is 1. The van der Waals surface area contributed by atoms with Crippen LogP contribution >= 0.6 is 23.2 Å². The van der Waals surface area contributed by atoms with Crippen molar-refractivity contribution in [3.05, 3.63) is 45.5 Å². The van der Waals surface area contributed by atoms with Gasteiger partial charge >= 0.3 is 0 Å². The van der Waals surface area contributed by atoms with E-state index in [1.165, 1.54) is 0 Å². The van der Waals surface area contributed by atoms with Gasteiger partial charge in [0.1, 0.15) is 0 Å². The van der Waals surface area contributed by atoms with E-state index in [0.717, 1.165) is 18.5 Å². The van der Waals surface area contributed by atoms with E-state index in [2.05, 4.69) is 11.9 Å². The molecule has 3 nitrogen and oxygen atoms in total. The van der Waals surface area contributed by atoms with Gasteiger partial charge in [0.15, 0.2) is 11.5 Å². The predicted octanol–water partition coefficient (Wildman–Crippen LogP) is 4.41. The molecule has 26 heavy (non-hydrogen) atoms. The molecule has 0 bridgehead atoms. The zero-order valence-electron chi connectivity index (χ0n) is 14.7. The average Bonchev–Trinajstić information content (AvgIpc) is 2.63. The second kappa shape index (κ2) is 7.97. The number of aliphatic hydroxyl groups is 1. The lowest BCUT2D eigenvalue weighted by atomic mass is 9.66. The number of aliphatic hydroxyl groups excluding tert-OH is 1. The van der Waals surface area contributed by atoms with Crippen LogP contribution in [-0.2, 0) is 17.8 Å². The third-order valence-corrected chi connectivity index (χ3v) is 6.34. The molecule has 0 aromatic heterocycles. The molecule has 0 spiro atoms. The van der Waals surface area contributed by atoms with E-state index < -0.39 is 5.67 Å². The molecule has 3 unspecified atom stereocenters. The summed E-state index contributed by atoms with van der Waals surface area (Å²) in [5.74, 6) is -0.721. The molecule has 3 rings (SSSR count). The molecule has 1 saturated heterocycles. The van der Waals surface area contributed by atoms with Crippen LogP contribution in [0.15, 0.2) is 24.3 Å². The summed E-state index contributed by atoms with van der Waals surface area (Å²) in [6, 6.07) is 3.10. The maximum absolute atomic E-state index is 15.8. The lowest BCUT2D eigenvalue weighted by molar-refractivity contribution is -0.137. The van der Waals surface area contributed by atoms with E-state index in [-0.39, 0.29) is 37.2 Å². The monoisotopic (exact) mass is 399 g/mol. The Morgan fingerprint density at radius 2 is 2.19 bits per heavy atom. The molecule has 2 aliphatic rings. The van der Waals surface area contributed by atoms with Gasteiger partial charge in [0, 0.05) is 28.4 Å². The van der Waals surface area contributed by atoms with E-state index in [9.17, 15) is 9.90 Å². The van der Waals surface area contributed by atoms with Gasteiger partial charge in [0.2, 0.25) is 0 Å². The SMILES string of the molecule is C=C1CCC(F)(C(=O)CCc2c(Cl)cc(Cl)cc2CO)C2CCCNC12. The minimum atomic E-state index is -1.82. The highest BCUT2D eigenvalue weighted by molar-refractivity contribution is 6.35. The van der Waals surface area contributed by atoms with Crippen LogP contribution in [0.1, 0.15) is 43.2 Å². The second-order valence-electron chi connectivity index (χ2n) is 7.31. The van der Waals surface area contributed by atoms with Crippen molar-refractivity contribution in [3.8, 4) is 0 Å². The van der Waals surface area contributed by atoms with Gasteiger partial charge in [-0.1, -0.05) is 35.4 Å². The molecular formula is C20H24Cl2FNO2. The number of alkyl halides is 1. The molecule has 1 aliphatic heterocycles. The highest BCUT2D eigenvalue weighted by Gasteiger charge is 2.52. The molecule has 142 valence electrons. The number of benzene rings is 1. The first-order valence-corrected chi connectivity index (χ1v) is 9.83. The first-order valence-electron chi connectivity index (χ1n) is 9.07. The Bertz CT molecular complexity index is 724. The summed E-state index contributed by atoms with van der Waals surface area (Å²) in [6.45, 7) is 4.68. The fourth-order valence-corrected chi connectivity index (χ4v) is 4.99. The zero-order chi connectivity index (χ0) is 18.9. The van der Waals surface area contributed by atoms with Crippen molar-refractivity contribution in [1.29, 1.82) is 0 Å². The van der Waals surface area contributed by atoms with Crippen molar-refractivity contribution in [3.63, 3.8) is 0 Å². The molecule has 1 aromatic rings. The lowest BCUT2D eigenvalue weighted by Gasteiger charge is -2.46. The number of carbonyl (C=O) groups excluding carboxylic acids is 1. The summed E-state index contributed by atoms with van der Waals surface area (Å²) in [4.78, 5) is 12.9. The van der Waals surface area contributed by atoms with Crippen molar-refractivity contribution in [2.45, 2.75) is 56.8 Å². The molecule has 3 atom stereocenters. The quantitative estimate of drug-likeness (QED) is 0.720. The molecule has 1 heterocycles. The number of nitrogens with one attached hydrogen (secondary N) is 1. The molecule has 1 aliphatic carbocycles. The van der Waals surface area contributed by atoms with Crippen LogP contribution in [0.2, 0.25) is 10.0 Å². The number of ketones is 1. The van der Waals surface area contributed by atoms with Gasteiger partial charge in [-0.3, -0.25) is 4.79 Å². The zero-order valence-corrected chi connectivity index (χ0v) is 16.2. The number of carbonyl (C=O) groups is 1. The van der Waals surface area contributed by atoms with Crippen LogP contribution in [-0.4, -0.2) is 29.1 Å². The van der Waals surface area contributed by atoms with E-state index in [1.54, 1.807) is 12.1 Å². The van der Waals surface area contributed by atoms with Crippen LogP contribution in [0.3, 0.4) is 0 Å². The standard InChI is InChI=1S/C20H24Cl2FNO2/c1-12-6-7-20(23,16-3-2-8-24-19(12)16)18(26)5-4-15-13(11-25)9-14(21)10-17(15)22/h9-10,16,19,24-25H,1-8,11H2. The molecule has 2 N–H and O–H groups in total. The Balaban J connectivity index is 1.76.